The highest BCUT2D eigenvalue weighted by atomic mass is 19.2. The third-order valence-corrected chi connectivity index (χ3v) is 2.03. The van der Waals surface area contributed by atoms with E-state index in [9.17, 15) is 13.6 Å². The Morgan fingerprint density at radius 3 is 2.69 bits per heavy atom. The molecule has 0 radical (unpaired) electrons. The lowest BCUT2D eigenvalue weighted by Gasteiger charge is -2.09. The maximum atomic E-state index is 12.9. The van der Waals surface area contributed by atoms with Gasteiger partial charge in [-0.2, -0.15) is 4.39 Å². The molecule has 0 aromatic heterocycles. The van der Waals surface area contributed by atoms with Gasteiger partial charge in [0.15, 0.2) is 17.4 Å². The minimum absolute atomic E-state index is 0.0442. The van der Waals surface area contributed by atoms with Crippen LogP contribution in [0.1, 0.15) is 5.56 Å². The number of ether oxygens (including phenoxy) is 1. The second-order valence-corrected chi connectivity index (χ2v) is 3.24. The van der Waals surface area contributed by atoms with Crippen molar-refractivity contribution in [2.45, 2.75) is 12.5 Å². The molecule has 1 atom stereocenters. The number of benzene rings is 1. The summed E-state index contributed by atoms with van der Waals surface area (Å²) in [5, 5.41) is 9.02. The minimum Gasteiger partial charge on any atom is -0.505 e. The third kappa shape index (κ3) is 2.66. The number of phenols is 1. The van der Waals surface area contributed by atoms with E-state index in [4.69, 9.17) is 10.8 Å². The second-order valence-electron chi connectivity index (χ2n) is 3.24. The molecule has 6 heteroatoms. The van der Waals surface area contributed by atoms with Crippen molar-refractivity contribution in [3.05, 3.63) is 29.3 Å². The van der Waals surface area contributed by atoms with Crippen molar-refractivity contribution >= 4 is 5.97 Å². The molecular weight excluding hydrogens is 220 g/mol. The van der Waals surface area contributed by atoms with Crippen LogP contribution in [0.2, 0.25) is 0 Å². The lowest BCUT2D eigenvalue weighted by molar-refractivity contribution is -0.142. The van der Waals surface area contributed by atoms with Gasteiger partial charge in [0, 0.05) is 0 Å². The average Bonchev–Trinajstić information content (AvgIpc) is 2.24. The first-order chi connectivity index (χ1) is 7.45. The van der Waals surface area contributed by atoms with Crippen LogP contribution in [0.25, 0.3) is 0 Å². The van der Waals surface area contributed by atoms with Gasteiger partial charge in [0.1, 0.15) is 6.04 Å². The van der Waals surface area contributed by atoms with Crippen LogP contribution >= 0.6 is 0 Å². The van der Waals surface area contributed by atoms with Crippen LogP contribution < -0.4 is 5.73 Å². The highest BCUT2D eigenvalue weighted by Crippen LogP contribution is 2.21. The molecule has 0 aliphatic rings. The molecule has 88 valence electrons. The standard InChI is InChI=1S/C10H11F2NO3/c1-16-10(15)7(13)3-5-2-6(11)9(12)8(14)4-5/h2,4,7,14H,3,13H2,1H3/t7-/m0/s1. The maximum absolute atomic E-state index is 12.9. The van der Waals surface area contributed by atoms with Crippen molar-refractivity contribution in [3.63, 3.8) is 0 Å². The zero-order valence-corrected chi connectivity index (χ0v) is 8.54. The number of halogens is 2. The molecular formula is C10H11F2NO3. The molecule has 0 spiro atoms. The molecule has 0 unspecified atom stereocenters. The molecule has 0 bridgehead atoms. The number of carbonyl (C=O) groups is 1. The Bertz CT molecular complexity index is 386. The first-order valence-corrected chi connectivity index (χ1v) is 4.46. The van der Waals surface area contributed by atoms with Crippen molar-refractivity contribution in [3.8, 4) is 5.75 Å². The molecule has 1 rings (SSSR count). The fourth-order valence-electron chi connectivity index (χ4n) is 1.24. The van der Waals surface area contributed by atoms with E-state index in [1.165, 1.54) is 7.11 Å². The summed E-state index contributed by atoms with van der Waals surface area (Å²) in [6, 6.07) is 0.910. The van der Waals surface area contributed by atoms with Gasteiger partial charge in [-0.25, -0.2) is 4.39 Å². The van der Waals surface area contributed by atoms with Gasteiger partial charge < -0.3 is 15.6 Å². The number of aromatic hydroxyl groups is 1. The van der Waals surface area contributed by atoms with E-state index in [0.29, 0.717) is 0 Å². The average molecular weight is 231 g/mol. The van der Waals surface area contributed by atoms with E-state index in [1.807, 2.05) is 0 Å². The molecule has 0 saturated heterocycles. The predicted octanol–water partition coefficient (Wildman–Crippen LogP) is 0.713. The Labute approximate surface area is 90.6 Å². The largest absolute Gasteiger partial charge is 0.505 e. The Balaban J connectivity index is 2.86. The van der Waals surface area contributed by atoms with E-state index in [2.05, 4.69) is 4.74 Å². The van der Waals surface area contributed by atoms with Gasteiger partial charge in [0.25, 0.3) is 0 Å². The zero-order chi connectivity index (χ0) is 12.3. The minimum atomic E-state index is -1.32. The first-order valence-electron chi connectivity index (χ1n) is 4.46. The van der Waals surface area contributed by atoms with Gasteiger partial charge in [0.05, 0.1) is 7.11 Å². The fraction of sp³-hybridized carbons (Fsp3) is 0.300. The normalized spacial score (nSPS) is 12.2. The summed E-state index contributed by atoms with van der Waals surface area (Å²) >= 11 is 0. The number of hydrogen-bond acceptors (Lipinski definition) is 4. The van der Waals surface area contributed by atoms with Gasteiger partial charge in [-0.3, -0.25) is 4.79 Å². The van der Waals surface area contributed by atoms with Crippen molar-refractivity contribution in [2.75, 3.05) is 7.11 Å². The van der Waals surface area contributed by atoms with Gasteiger partial charge in [-0.05, 0) is 24.1 Å². The highest BCUT2D eigenvalue weighted by molar-refractivity contribution is 5.75. The Hall–Kier alpha value is -1.69. The van der Waals surface area contributed by atoms with Crippen LogP contribution in [0, 0.1) is 11.6 Å². The lowest BCUT2D eigenvalue weighted by Crippen LogP contribution is -2.33. The number of esters is 1. The molecule has 16 heavy (non-hydrogen) atoms. The molecule has 4 nitrogen and oxygen atoms in total. The van der Waals surface area contributed by atoms with Gasteiger partial charge >= 0.3 is 5.97 Å². The number of nitrogens with two attached hydrogens (primary N) is 1. The number of phenolic OH excluding ortho intramolecular Hbond substituents is 1. The summed E-state index contributed by atoms with van der Waals surface area (Å²) < 4.78 is 30.0. The summed E-state index contributed by atoms with van der Waals surface area (Å²) in [4.78, 5) is 11.0. The molecule has 0 aliphatic carbocycles. The summed E-state index contributed by atoms with van der Waals surface area (Å²) in [6.45, 7) is 0. The van der Waals surface area contributed by atoms with Crippen LogP contribution in [-0.4, -0.2) is 24.2 Å². The van der Waals surface area contributed by atoms with E-state index in [-0.39, 0.29) is 12.0 Å². The first kappa shape index (κ1) is 12.4. The van der Waals surface area contributed by atoms with E-state index >= 15 is 0 Å². The number of hydrogen-bond donors (Lipinski definition) is 2. The van der Waals surface area contributed by atoms with E-state index in [1.54, 1.807) is 0 Å². The number of carbonyl (C=O) groups excluding carboxylic acids is 1. The zero-order valence-electron chi connectivity index (χ0n) is 8.54. The fourth-order valence-corrected chi connectivity index (χ4v) is 1.24. The summed E-state index contributed by atoms with van der Waals surface area (Å²) in [5.41, 5.74) is 5.64. The Kier molecular flexibility index (Phi) is 3.78. The number of methoxy groups -OCH3 is 1. The smallest absolute Gasteiger partial charge is 0.322 e. The monoisotopic (exact) mass is 231 g/mol. The molecule has 0 aliphatic heterocycles. The quantitative estimate of drug-likeness (QED) is 0.751. The second kappa shape index (κ2) is 4.89. The van der Waals surface area contributed by atoms with Crippen LogP contribution in [0.5, 0.6) is 5.75 Å². The van der Waals surface area contributed by atoms with Gasteiger partial charge in [0.2, 0.25) is 0 Å². The van der Waals surface area contributed by atoms with Crippen LogP contribution in [0.4, 0.5) is 8.78 Å². The van der Waals surface area contributed by atoms with Crippen LogP contribution in [0.3, 0.4) is 0 Å². The molecule has 1 aromatic rings. The molecule has 0 fully saturated rings. The SMILES string of the molecule is COC(=O)[C@@H](N)Cc1cc(O)c(F)c(F)c1. The lowest BCUT2D eigenvalue weighted by atomic mass is 10.1. The van der Waals surface area contributed by atoms with Crippen LogP contribution in [-0.2, 0) is 16.0 Å². The molecule has 0 saturated carbocycles. The van der Waals surface area contributed by atoms with Crippen molar-refractivity contribution in [2.24, 2.45) is 5.73 Å². The summed E-state index contributed by atoms with van der Waals surface area (Å²) in [7, 11) is 1.17. The summed E-state index contributed by atoms with van der Waals surface area (Å²) in [6.07, 6.45) is -0.0442. The predicted molar refractivity (Wildman–Crippen MR) is 51.7 cm³/mol. The Morgan fingerprint density at radius 2 is 2.19 bits per heavy atom. The van der Waals surface area contributed by atoms with Crippen LogP contribution in [0.15, 0.2) is 12.1 Å². The Morgan fingerprint density at radius 1 is 1.56 bits per heavy atom. The molecule has 0 heterocycles. The van der Waals surface area contributed by atoms with Gasteiger partial charge in [-0.1, -0.05) is 0 Å². The maximum Gasteiger partial charge on any atom is 0.322 e. The topological polar surface area (TPSA) is 72.5 Å². The molecule has 1 aromatic carbocycles. The van der Waals surface area contributed by atoms with Crippen molar-refractivity contribution in [1.82, 2.24) is 0 Å². The number of rotatable bonds is 3. The van der Waals surface area contributed by atoms with E-state index in [0.717, 1.165) is 12.1 Å². The van der Waals surface area contributed by atoms with E-state index < -0.39 is 29.4 Å². The third-order valence-electron chi connectivity index (χ3n) is 2.03. The van der Waals surface area contributed by atoms with Crippen molar-refractivity contribution in [1.29, 1.82) is 0 Å². The van der Waals surface area contributed by atoms with Gasteiger partial charge in [-0.15, -0.1) is 0 Å². The highest BCUT2D eigenvalue weighted by Gasteiger charge is 2.17. The van der Waals surface area contributed by atoms with Crippen molar-refractivity contribution < 1.29 is 23.4 Å². The molecule has 0 amide bonds. The molecule has 3 N–H and O–H groups in total. The summed E-state index contributed by atoms with van der Waals surface area (Å²) in [5.74, 6) is -3.99.